The van der Waals surface area contributed by atoms with Gasteiger partial charge in [0.25, 0.3) is 6.71 Å². The summed E-state index contributed by atoms with van der Waals surface area (Å²) in [5, 5.41) is 3.60. The summed E-state index contributed by atoms with van der Waals surface area (Å²) in [5.74, 6) is 0. The molecular formula is C59H53BN2OS. The molecule has 0 bridgehead atoms. The Kier molecular flexibility index (Phi) is 7.70. The van der Waals surface area contributed by atoms with Crippen molar-refractivity contribution in [3.8, 4) is 11.1 Å². The van der Waals surface area contributed by atoms with E-state index in [9.17, 15) is 0 Å². The third-order valence-corrected chi connectivity index (χ3v) is 16.5. The maximum Gasteiger partial charge on any atom is 0.264 e. The Morgan fingerprint density at radius 2 is 1.38 bits per heavy atom. The molecule has 0 unspecified atom stereocenters. The highest BCUT2D eigenvalue weighted by Gasteiger charge is 2.48. The molecule has 5 heteroatoms. The van der Waals surface area contributed by atoms with Gasteiger partial charge in [0.1, 0.15) is 5.58 Å². The first kappa shape index (κ1) is 38.4. The first-order valence-corrected chi connectivity index (χ1v) is 24.1. The Balaban J connectivity index is 1.17. The minimum Gasteiger partial charge on any atom is -0.454 e. The monoisotopic (exact) mass is 848 g/mol. The summed E-state index contributed by atoms with van der Waals surface area (Å²) in [6.45, 7) is 21.2. The zero-order valence-electron chi connectivity index (χ0n) is 38.5. The van der Waals surface area contributed by atoms with Crippen LogP contribution in [0.2, 0.25) is 0 Å². The van der Waals surface area contributed by atoms with Gasteiger partial charge in [-0.2, -0.15) is 0 Å². The Labute approximate surface area is 381 Å². The van der Waals surface area contributed by atoms with E-state index in [1.807, 2.05) is 11.3 Å². The zero-order valence-corrected chi connectivity index (χ0v) is 39.3. The first-order valence-electron chi connectivity index (χ1n) is 23.3. The van der Waals surface area contributed by atoms with Gasteiger partial charge in [0.2, 0.25) is 0 Å². The van der Waals surface area contributed by atoms with Crippen molar-refractivity contribution >= 4 is 99.9 Å². The van der Waals surface area contributed by atoms with Crippen LogP contribution in [-0.2, 0) is 29.1 Å². The molecule has 314 valence electrons. The van der Waals surface area contributed by atoms with Gasteiger partial charge in [0, 0.05) is 53.8 Å². The summed E-state index contributed by atoms with van der Waals surface area (Å²) < 4.78 is 9.65. The van der Waals surface area contributed by atoms with Gasteiger partial charge in [-0.05, 0) is 153 Å². The van der Waals surface area contributed by atoms with E-state index in [4.69, 9.17) is 4.42 Å². The number of para-hydroxylation sites is 2. The normalized spacial score (nSPS) is 15.7. The lowest BCUT2D eigenvalue weighted by atomic mass is 9.36. The summed E-state index contributed by atoms with van der Waals surface area (Å²) >= 11 is 1.98. The molecule has 0 amide bonds. The van der Waals surface area contributed by atoms with Crippen molar-refractivity contribution in [3.63, 3.8) is 0 Å². The number of aryl methyl sites for hydroxylation is 2. The Bertz CT molecular complexity index is 3500. The van der Waals surface area contributed by atoms with E-state index in [-0.39, 0.29) is 23.0 Å². The number of benzene rings is 7. The van der Waals surface area contributed by atoms with Gasteiger partial charge in [0.15, 0.2) is 5.58 Å². The molecule has 2 aliphatic heterocycles. The van der Waals surface area contributed by atoms with Crippen molar-refractivity contribution in [1.29, 1.82) is 0 Å². The van der Waals surface area contributed by atoms with Gasteiger partial charge >= 0.3 is 0 Å². The lowest BCUT2D eigenvalue weighted by Crippen LogP contribution is -2.60. The summed E-state index contributed by atoms with van der Waals surface area (Å²) in [6.07, 6.45) is 3.57. The van der Waals surface area contributed by atoms with Crippen molar-refractivity contribution in [2.75, 3.05) is 9.80 Å². The molecule has 13 rings (SSSR count). The van der Waals surface area contributed by atoms with Crippen LogP contribution >= 0.6 is 11.3 Å². The standard InChI is InChI=1S/C59H53BN2OS/c1-33-28-48-53-49(29-33)62(46-18-13-17-40-39-15-10-11-19-50(39)63-55(40)46)54-42-30-36(58(5,6)7)23-27-51(42)64-56(54)60(53)45-31-41-44(59(8,9)43-26-20-34-14-12-16-38(34)52(41)43)32-47(45)61(48)37-24-21-35(22-25-37)57(2,3)4/h10-11,13,15,17-32H,12,14,16H2,1-9H3. The number of hydrogen-bond acceptors (Lipinski definition) is 4. The average molecular weight is 849 g/mol. The molecule has 0 atom stereocenters. The SMILES string of the molecule is Cc1cc2c3c(c1)N(c1cccc4c1oc1ccccc14)c1c(sc4ccc(C(C)(C)C)cc14)B3c1cc3c(cc1N2c1ccc(C(C)(C)C)cc1)C(C)(C)c1ccc2c(c1-3)CCC2. The number of nitrogens with zero attached hydrogens (tertiary/aromatic N) is 2. The van der Waals surface area contributed by atoms with Gasteiger partial charge in [-0.25, -0.2) is 0 Å². The highest BCUT2D eigenvalue weighted by atomic mass is 32.1. The summed E-state index contributed by atoms with van der Waals surface area (Å²) in [7, 11) is 0. The second kappa shape index (κ2) is 12.8. The van der Waals surface area contributed by atoms with E-state index in [1.165, 1.54) is 106 Å². The Hall–Kier alpha value is -6.04. The van der Waals surface area contributed by atoms with E-state index in [2.05, 4.69) is 193 Å². The maximum atomic E-state index is 6.94. The van der Waals surface area contributed by atoms with Crippen LogP contribution in [0.5, 0.6) is 0 Å². The van der Waals surface area contributed by atoms with Crippen LogP contribution in [0.3, 0.4) is 0 Å². The van der Waals surface area contributed by atoms with E-state index in [0.29, 0.717) is 0 Å². The van der Waals surface area contributed by atoms with Gasteiger partial charge in [0.05, 0.1) is 11.4 Å². The second-order valence-electron chi connectivity index (χ2n) is 21.7. The molecule has 7 aromatic carbocycles. The van der Waals surface area contributed by atoms with Crippen LogP contribution in [0, 0.1) is 6.92 Å². The number of anilines is 6. The lowest BCUT2D eigenvalue weighted by molar-refractivity contribution is 0.590. The number of thiophene rings is 1. The predicted octanol–water partition coefficient (Wildman–Crippen LogP) is 14.6. The van der Waals surface area contributed by atoms with Crippen LogP contribution in [0.1, 0.15) is 101 Å². The molecule has 4 heterocycles. The fourth-order valence-corrected chi connectivity index (χ4v) is 13.3. The van der Waals surface area contributed by atoms with Crippen molar-refractivity contribution in [3.05, 3.63) is 160 Å². The van der Waals surface area contributed by atoms with E-state index >= 15 is 0 Å². The molecule has 0 spiro atoms. The Morgan fingerprint density at radius 1 is 0.641 bits per heavy atom. The highest BCUT2D eigenvalue weighted by Crippen LogP contribution is 2.56. The predicted molar refractivity (Wildman–Crippen MR) is 275 cm³/mol. The van der Waals surface area contributed by atoms with Crippen LogP contribution < -0.4 is 25.5 Å². The number of hydrogen-bond donors (Lipinski definition) is 0. The smallest absolute Gasteiger partial charge is 0.264 e. The van der Waals surface area contributed by atoms with Crippen LogP contribution in [0.15, 0.2) is 126 Å². The molecule has 2 aliphatic carbocycles. The number of furan rings is 1. The largest absolute Gasteiger partial charge is 0.454 e. The Morgan fingerprint density at radius 3 is 2.16 bits per heavy atom. The van der Waals surface area contributed by atoms with Gasteiger partial charge in [-0.3, -0.25) is 0 Å². The first-order chi connectivity index (χ1) is 30.7. The topological polar surface area (TPSA) is 19.6 Å². The van der Waals surface area contributed by atoms with Gasteiger partial charge in [-0.1, -0.05) is 122 Å². The molecule has 0 radical (unpaired) electrons. The molecular weight excluding hydrogens is 796 g/mol. The van der Waals surface area contributed by atoms with Crippen molar-refractivity contribution < 1.29 is 4.42 Å². The van der Waals surface area contributed by atoms with Crippen LogP contribution in [-0.4, -0.2) is 6.71 Å². The van der Waals surface area contributed by atoms with Gasteiger partial charge < -0.3 is 14.2 Å². The summed E-state index contributed by atoms with van der Waals surface area (Å²) in [4.78, 5) is 5.21. The molecule has 2 aromatic heterocycles. The summed E-state index contributed by atoms with van der Waals surface area (Å²) in [5.41, 5.74) is 24.7. The molecule has 0 saturated carbocycles. The van der Waals surface area contributed by atoms with Crippen LogP contribution in [0.25, 0.3) is 43.2 Å². The zero-order chi connectivity index (χ0) is 43.8. The second-order valence-corrected chi connectivity index (χ2v) is 22.8. The third kappa shape index (κ3) is 5.16. The third-order valence-electron chi connectivity index (χ3n) is 15.3. The van der Waals surface area contributed by atoms with E-state index in [1.54, 1.807) is 11.1 Å². The van der Waals surface area contributed by atoms with Crippen molar-refractivity contribution in [2.45, 2.75) is 97.8 Å². The maximum absolute atomic E-state index is 6.94. The minimum absolute atomic E-state index is 0.00952. The number of rotatable bonds is 2. The number of fused-ring (bicyclic) bond motifs is 14. The molecule has 0 fully saturated rings. The van der Waals surface area contributed by atoms with Gasteiger partial charge in [-0.15, -0.1) is 11.3 Å². The molecule has 0 saturated heterocycles. The molecule has 64 heavy (non-hydrogen) atoms. The molecule has 4 aliphatic rings. The minimum atomic E-state index is -0.127. The van der Waals surface area contributed by atoms with Crippen molar-refractivity contribution in [2.24, 2.45) is 0 Å². The highest BCUT2D eigenvalue weighted by molar-refractivity contribution is 7.33. The molecule has 0 N–H and O–H groups in total. The summed E-state index contributed by atoms with van der Waals surface area (Å²) in [6, 6.07) is 47.0. The lowest BCUT2D eigenvalue weighted by Gasteiger charge is -2.44. The molecule has 3 nitrogen and oxygen atoms in total. The fourth-order valence-electron chi connectivity index (χ4n) is 12.0. The van der Waals surface area contributed by atoms with E-state index < -0.39 is 0 Å². The van der Waals surface area contributed by atoms with Crippen LogP contribution in [0.4, 0.5) is 34.1 Å². The average Bonchev–Trinajstić information content (AvgIpc) is 4.04. The van der Waals surface area contributed by atoms with E-state index in [0.717, 1.165) is 34.0 Å². The van der Waals surface area contributed by atoms with Crippen molar-refractivity contribution in [1.82, 2.24) is 0 Å². The fraction of sp³-hybridized carbons (Fsp3) is 0.254. The molecule has 9 aromatic rings. The quantitative estimate of drug-likeness (QED) is 0.162.